The van der Waals surface area contributed by atoms with E-state index in [0.29, 0.717) is 0 Å². The zero-order valence-corrected chi connectivity index (χ0v) is 9.18. The smallest absolute Gasteiger partial charge is 0.251 e. The first-order valence-electron chi connectivity index (χ1n) is 5.57. The molecule has 0 N–H and O–H groups in total. The summed E-state index contributed by atoms with van der Waals surface area (Å²) in [4.78, 5) is 11.8. The summed E-state index contributed by atoms with van der Waals surface area (Å²) >= 11 is 0. The Labute approximate surface area is 94.2 Å². The van der Waals surface area contributed by atoms with E-state index in [9.17, 15) is 4.79 Å². The molecule has 1 aromatic heterocycles. The molecule has 0 radical (unpaired) electrons. The Hall–Kier alpha value is -1.83. The second kappa shape index (κ2) is 3.34. The molecule has 1 aliphatic rings. The van der Waals surface area contributed by atoms with Gasteiger partial charge in [0.05, 0.1) is 5.69 Å². The van der Waals surface area contributed by atoms with Gasteiger partial charge in [-0.3, -0.25) is 4.79 Å². The number of hydrogen-bond donors (Lipinski definition) is 0. The molecule has 2 aromatic rings. The summed E-state index contributed by atoms with van der Waals surface area (Å²) in [5.74, 6) is 0. The minimum absolute atomic E-state index is 0.0968. The van der Waals surface area contributed by atoms with E-state index in [4.69, 9.17) is 0 Å². The molecule has 0 saturated carbocycles. The first-order chi connectivity index (χ1) is 7.77. The number of benzene rings is 1. The zero-order valence-electron chi connectivity index (χ0n) is 9.18. The molecule has 2 heterocycles. The zero-order chi connectivity index (χ0) is 11.1. The van der Waals surface area contributed by atoms with Crippen molar-refractivity contribution in [2.45, 2.75) is 19.4 Å². The van der Waals surface area contributed by atoms with Crippen LogP contribution in [-0.4, -0.2) is 4.57 Å². The van der Waals surface area contributed by atoms with Crippen molar-refractivity contribution in [3.63, 3.8) is 0 Å². The molecule has 0 bridgehead atoms. The Balaban J connectivity index is 2.37. The molecule has 1 aromatic carbocycles. The lowest BCUT2D eigenvalue weighted by Gasteiger charge is -2.27. The first kappa shape index (κ1) is 9.40. The van der Waals surface area contributed by atoms with Crippen LogP contribution in [0.3, 0.4) is 0 Å². The number of pyridine rings is 1. The highest BCUT2D eigenvalue weighted by Gasteiger charge is 2.20. The van der Waals surface area contributed by atoms with Gasteiger partial charge in [0.1, 0.15) is 0 Å². The molecule has 1 atom stereocenters. The van der Waals surface area contributed by atoms with Gasteiger partial charge < -0.3 is 4.57 Å². The summed E-state index contributed by atoms with van der Waals surface area (Å²) in [6.07, 6.45) is 0.938. The maximum absolute atomic E-state index is 11.8. The van der Waals surface area contributed by atoms with Crippen molar-refractivity contribution in [2.24, 2.45) is 0 Å². The van der Waals surface area contributed by atoms with Crippen LogP contribution in [0.4, 0.5) is 0 Å². The van der Waals surface area contributed by atoms with Gasteiger partial charge in [0, 0.05) is 17.7 Å². The van der Waals surface area contributed by atoms with Crippen LogP contribution in [-0.2, 0) is 6.42 Å². The van der Waals surface area contributed by atoms with Crippen molar-refractivity contribution in [3.8, 4) is 11.3 Å². The summed E-state index contributed by atoms with van der Waals surface area (Å²) in [5.41, 5.74) is 3.67. The van der Waals surface area contributed by atoms with E-state index in [1.54, 1.807) is 6.07 Å². The van der Waals surface area contributed by atoms with Crippen LogP contribution < -0.4 is 5.56 Å². The van der Waals surface area contributed by atoms with Gasteiger partial charge in [-0.15, -0.1) is 0 Å². The monoisotopic (exact) mass is 211 g/mol. The van der Waals surface area contributed by atoms with Gasteiger partial charge >= 0.3 is 0 Å². The van der Waals surface area contributed by atoms with E-state index in [1.165, 1.54) is 11.1 Å². The van der Waals surface area contributed by atoms with Gasteiger partial charge in [0.2, 0.25) is 0 Å². The van der Waals surface area contributed by atoms with Crippen LogP contribution in [0, 0.1) is 0 Å². The average Bonchev–Trinajstić information content (AvgIpc) is 2.29. The molecule has 2 heteroatoms. The van der Waals surface area contributed by atoms with Crippen LogP contribution in [0.15, 0.2) is 47.3 Å². The predicted octanol–water partition coefficient (Wildman–Crippen LogP) is 2.63. The summed E-state index contributed by atoms with van der Waals surface area (Å²) in [5, 5.41) is 0. The fourth-order valence-corrected chi connectivity index (χ4v) is 2.53. The number of hydrogen-bond acceptors (Lipinski definition) is 1. The fourth-order valence-electron chi connectivity index (χ4n) is 2.53. The molecule has 80 valence electrons. The lowest BCUT2D eigenvalue weighted by Crippen LogP contribution is -2.28. The maximum Gasteiger partial charge on any atom is 0.251 e. The second-order valence-electron chi connectivity index (χ2n) is 4.33. The standard InChI is InChI=1S/C14H13NO/c1-10-9-11-5-2-3-6-12(11)13-7-4-8-14(16)15(10)13/h2-8,10H,9H2,1H3. The number of nitrogens with zero attached hydrogens (tertiary/aromatic N) is 1. The summed E-state index contributed by atoms with van der Waals surface area (Å²) in [6.45, 7) is 2.10. The first-order valence-corrected chi connectivity index (χ1v) is 5.57. The number of aromatic nitrogens is 1. The van der Waals surface area contributed by atoms with Gasteiger partial charge in [-0.1, -0.05) is 30.3 Å². The Bertz CT molecular complexity index is 598. The van der Waals surface area contributed by atoms with Crippen molar-refractivity contribution in [1.82, 2.24) is 4.57 Å². The Morgan fingerprint density at radius 2 is 1.94 bits per heavy atom. The van der Waals surface area contributed by atoms with Gasteiger partial charge in [-0.05, 0) is 25.0 Å². The summed E-state index contributed by atoms with van der Waals surface area (Å²) < 4.78 is 1.89. The lowest BCUT2D eigenvalue weighted by molar-refractivity contribution is 0.520. The molecular weight excluding hydrogens is 198 g/mol. The molecule has 0 fully saturated rings. The number of rotatable bonds is 0. The highest BCUT2D eigenvalue weighted by Crippen LogP contribution is 2.32. The van der Waals surface area contributed by atoms with Crippen molar-refractivity contribution in [1.29, 1.82) is 0 Å². The third kappa shape index (κ3) is 1.23. The molecule has 1 unspecified atom stereocenters. The Morgan fingerprint density at radius 3 is 2.81 bits per heavy atom. The van der Waals surface area contributed by atoms with Gasteiger partial charge in [0.25, 0.3) is 5.56 Å². The van der Waals surface area contributed by atoms with E-state index in [2.05, 4.69) is 25.1 Å². The van der Waals surface area contributed by atoms with Gasteiger partial charge in [-0.2, -0.15) is 0 Å². The van der Waals surface area contributed by atoms with Crippen LogP contribution in [0.5, 0.6) is 0 Å². The normalized spacial score (nSPS) is 17.7. The van der Waals surface area contributed by atoms with Crippen LogP contribution in [0.1, 0.15) is 18.5 Å². The number of fused-ring (bicyclic) bond motifs is 3. The van der Waals surface area contributed by atoms with Crippen LogP contribution >= 0.6 is 0 Å². The quantitative estimate of drug-likeness (QED) is 0.656. The molecule has 2 nitrogen and oxygen atoms in total. The SMILES string of the molecule is CC1Cc2ccccc2-c2cccc(=O)n21. The molecule has 0 spiro atoms. The minimum atomic E-state index is 0.0968. The molecule has 0 amide bonds. The van der Waals surface area contributed by atoms with E-state index in [-0.39, 0.29) is 11.6 Å². The highest BCUT2D eigenvalue weighted by molar-refractivity contribution is 5.65. The average molecular weight is 211 g/mol. The highest BCUT2D eigenvalue weighted by atomic mass is 16.1. The topological polar surface area (TPSA) is 22.0 Å². The van der Waals surface area contributed by atoms with Crippen molar-refractivity contribution >= 4 is 0 Å². The van der Waals surface area contributed by atoms with Crippen LogP contribution in [0.2, 0.25) is 0 Å². The second-order valence-corrected chi connectivity index (χ2v) is 4.33. The maximum atomic E-state index is 11.8. The van der Waals surface area contributed by atoms with Gasteiger partial charge in [-0.25, -0.2) is 0 Å². The molecule has 3 rings (SSSR count). The third-order valence-electron chi connectivity index (χ3n) is 3.24. The molecule has 1 aliphatic heterocycles. The predicted molar refractivity (Wildman–Crippen MR) is 64.6 cm³/mol. The van der Waals surface area contributed by atoms with Crippen molar-refractivity contribution in [2.75, 3.05) is 0 Å². The summed E-state index contributed by atoms with van der Waals surface area (Å²) in [7, 11) is 0. The van der Waals surface area contributed by atoms with E-state index >= 15 is 0 Å². The van der Waals surface area contributed by atoms with Crippen molar-refractivity contribution < 1.29 is 0 Å². The van der Waals surface area contributed by atoms with Crippen LogP contribution in [0.25, 0.3) is 11.3 Å². The van der Waals surface area contributed by atoms with E-state index < -0.39 is 0 Å². The molecule has 0 aliphatic carbocycles. The minimum Gasteiger partial charge on any atom is -0.305 e. The van der Waals surface area contributed by atoms with E-state index in [1.807, 2.05) is 22.8 Å². The molecular formula is C14H13NO. The third-order valence-corrected chi connectivity index (χ3v) is 3.24. The van der Waals surface area contributed by atoms with Crippen molar-refractivity contribution in [3.05, 3.63) is 58.4 Å². The Kier molecular flexibility index (Phi) is 1.96. The lowest BCUT2D eigenvalue weighted by atomic mass is 9.93. The van der Waals surface area contributed by atoms with E-state index in [0.717, 1.165) is 12.1 Å². The Morgan fingerprint density at radius 1 is 1.12 bits per heavy atom. The summed E-state index contributed by atoms with van der Waals surface area (Å²) in [6, 6.07) is 14.1. The van der Waals surface area contributed by atoms with Gasteiger partial charge in [0.15, 0.2) is 0 Å². The molecule has 16 heavy (non-hydrogen) atoms. The molecule has 0 saturated heterocycles. The fraction of sp³-hybridized carbons (Fsp3) is 0.214. The largest absolute Gasteiger partial charge is 0.305 e.